The lowest BCUT2D eigenvalue weighted by Gasteiger charge is -2.33. The number of methoxy groups -OCH3 is 2. The molecule has 0 heterocycles. The van der Waals surface area contributed by atoms with Crippen molar-refractivity contribution in [3.63, 3.8) is 0 Å². The van der Waals surface area contributed by atoms with Gasteiger partial charge in [-0.05, 0) is 67.8 Å². The molecular formula is C32H40ClN3O7S. The van der Waals surface area contributed by atoms with Gasteiger partial charge in [-0.15, -0.1) is 0 Å². The van der Waals surface area contributed by atoms with Crippen molar-refractivity contribution in [1.29, 1.82) is 0 Å². The van der Waals surface area contributed by atoms with E-state index in [4.69, 9.17) is 25.8 Å². The predicted octanol–water partition coefficient (Wildman–Crippen LogP) is 5.28. The number of hydrogen-bond acceptors (Lipinski definition) is 7. The monoisotopic (exact) mass is 645 g/mol. The van der Waals surface area contributed by atoms with Crippen LogP contribution in [-0.4, -0.2) is 65.1 Å². The molecule has 1 atom stereocenters. The molecule has 238 valence electrons. The van der Waals surface area contributed by atoms with Gasteiger partial charge in [0.2, 0.25) is 11.8 Å². The summed E-state index contributed by atoms with van der Waals surface area (Å²) in [4.78, 5) is 28.7. The van der Waals surface area contributed by atoms with Gasteiger partial charge in [0.05, 0.1) is 31.4 Å². The second-order valence-electron chi connectivity index (χ2n) is 9.78. The Bertz CT molecular complexity index is 1520. The molecule has 0 saturated heterocycles. The van der Waals surface area contributed by atoms with E-state index in [2.05, 4.69) is 5.32 Å². The Kier molecular flexibility index (Phi) is 12.7. The van der Waals surface area contributed by atoms with Crippen LogP contribution in [0.15, 0.2) is 71.6 Å². The number of benzene rings is 3. The van der Waals surface area contributed by atoms with Gasteiger partial charge in [-0.2, -0.15) is 0 Å². The third-order valence-corrected chi connectivity index (χ3v) is 9.03. The second-order valence-corrected chi connectivity index (χ2v) is 12.1. The molecule has 0 aliphatic rings. The van der Waals surface area contributed by atoms with E-state index in [0.29, 0.717) is 41.7 Å². The molecule has 12 heteroatoms. The van der Waals surface area contributed by atoms with Crippen molar-refractivity contribution in [2.45, 2.75) is 51.1 Å². The molecule has 0 unspecified atom stereocenters. The Morgan fingerprint density at radius 2 is 1.61 bits per heavy atom. The normalized spacial score (nSPS) is 11.8. The SMILES string of the molecule is CCCNC(=O)[C@@H](CC)N(Cc1ccccc1Cl)C(=O)CN(c1ccc(OCC)cc1)S(=O)(=O)c1ccc(OC)c(OC)c1. The van der Waals surface area contributed by atoms with Crippen LogP contribution in [0.3, 0.4) is 0 Å². The van der Waals surface area contributed by atoms with Crippen molar-refractivity contribution in [2.75, 3.05) is 38.2 Å². The Balaban J connectivity index is 2.11. The van der Waals surface area contributed by atoms with Crippen LogP contribution in [0.25, 0.3) is 0 Å². The third-order valence-electron chi connectivity index (χ3n) is 6.89. The van der Waals surface area contributed by atoms with Crippen LogP contribution in [0.2, 0.25) is 5.02 Å². The van der Waals surface area contributed by atoms with Crippen LogP contribution < -0.4 is 23.8 Å². The number of ether oxygens (including phenoxy) is 3. The van der Waals surface area contributed by atoms with Gasteiger partial charge in [-0.25, -0.2) is 8.42 Å². The highest BCUT2D eigenvalue weighted by atomic mass is 35.5. The molecule has 2 amide bonds. The van der Waals surface area contributed by atoms with E-state index in [-0.39, 0.29) is 28.8 Å². The highest BCUT2D eigenvalue weighted by Gasteiger charge is 2.34. The van der Waals surface area contributed by atoms with Crippen molar-refractivity contribution in [3.8, 4) is 17.2 Å². The van der Waals surface area contributed by atoms with Crippen molar-refractivity contribution in [1.82, 2.24) is 10.2 Å². The zero-order valence-corrected chi connectivity index (χ0v) is 27.3. The first-order valence-corrected chi connectivity index (χ1v) is 16.2. The fourth-order valence-corrected chi connectivity index (χ4v) is 6.23. The number of carbonyl (C=O) groups is 2. The minimum atomic E-state index is -4.33. The van der Waals surface area contributed by atoms with Crippen LogP contribution in [0.5, 0.6) is 17.2 Å². The molecule has 0 aliphatic carbocycles. The van der Waals surface area contributed by atoms with Crippen LogP contribution >= 0.6 is 11.6 Å². The number of rotatable bonds is 16. The van der Waals surface area contributed by atoms with E-state index in [1.807, 2.05) is 13.8 Å². The molecule has 1 N–H and O–H groups in total. The van der Waals surface area contributed by atoms with Gasteiger partial charge in [-0.1, -0.05) is 43.6 Å². The summed E-state index contributed by atoms with van der Waals surface area (Å²) in [6.07, 6.45) is 1.02. The van der Waals surface area contributed by atoms with E-state index >= 15 is 0 Å². The number of carbonyl (C=O) groups excluding carboxylic acids is 2. The summed E-state index contributed by atoms with van der Waals surface area (Å²) in [6, 6.07) is 16.8. The highest BCUT2D eigenvalue weighted by molar-refractivity contribution is 7.92. The summed E-state index contributed by atoms with van der Waals surface area (Å²) in [6.45, 7) is 5.86. The zero-order chi connectivity index (χ0) is 32.3. The molecule has 3 aromatic carbocycles. The first-order chi connectivity index (χ1) is 21.1. The molecule has 0 bridgehead atoms. The predicted molar refractivity (Wildman–Crippen MR) is 171 cm³/mol. The molecule has 0 spiro atoms. The van der Waals surface area contributed by atoms with Crippen molar-refractivity contribution >= 4 is 39.1 Å². The third kappa shape index (κ3) is 8.35. The van der Waals surface area contributed by atoms with Crippen LogP contribution in [0.1, 0.15) is 39.2 Å². The van der Waals surface area contributed by atoms with Crippen LogP contribution in [0.4, 0.5) is 5.69 Å². The minimum absolute atomic E-state index is 0.00405. The number of nitrogens with zero attached hydrogens (tertiary/aromatic N) is 2. The van der Waals surface area contributed by atoms with E-state index in [1.165, 1.54) is 37.3 Å². The lowest BCUT2D eigenvalue weighted by Crippen LogP contribution is -2.52. The maximum absolute atomic E-state index is 14.2. The molecule has 3 aromatic rings. The second kappa shape index (κ2) is 16.2. The van der Waals surface area contributed by atoms with Gasteiger partial charge in [0.25, 0.3) is 10.0 Å². The number of halogens is 1. The van der Waals surface area contributed by atoms with Gasteiger partial charge < -0.3 is 24.4 Å². The van der Waals surface area contributed by atoms with Crippen molar-refractivity contribution < 1.29 is 32.2 Å². The maximum Gasteiger partial charge on any atom is 0.264 e. The molecule has 0 fully saturated rings. The van der Waals surface area contributed by atoms with Crippen molar-refractivity contribution in [3.05, 3.63) is 77.3 Å². The lowest BCUT2D eigenvalue weighted by molar-refractivity contribution is -0.140. The Morgan fingerprint density at radius 3 is 2.20 bits per heavy atom. The fourth-order valence-electron chi connectivity index (χ4n) is 4.60. The standard InChI is InChI=1S/C32H40ClN3O7S/c1-6-19-34-32(38)28(7-2)35(21-23-11-9-10-12-27(23)33)31(37)22-36(24-13-15-25(16-14-24)43-8-3)44(39,40)26-17-18-29(41-4)30(20-26)42-5/h9-18,20,28H,6-8,19,21-22H2,1-5H3,(H,34,38)/t28-/m1/s1. The first kappa shape index (κ1) is 34.5. The smallest absolute Gasteiger partial charge is 0.264 e. The summed E-state index contributed by atoms with van der Waals surface area (Å²) >= 11 is 6.45. The summed E-state index contributed by atoms with van der Waals surface area (Å²) < 4.78 is 45.6. The Hall–Kier alpha value is -3.96. The molecule has 0 radical (unpaired) electrons. The molecular weight excluding hydrogens is 606 g/mol. The van der Waals surface area contributed by atoms with Gasteiger partial charge in [-0.3, -0.25) is 13.9 Å². The largest absolute Gasteiger partial charge is 0.494 e. The van der Waals surface area contributed by atoms with Gasteiger partial charge in [0, 0.05) is 24.2 Å². The van der Waals surface area contributed by atoms with Gasteiger partial charge in [0.1, 0.15) is 18.3 Å². The van der Waals surface area contributed by atoms with E-state index in [0.717, 1.165) is 10.7 Å². The van der Waals surface area contributed by atoms with Crippen LogP contribution in [0, 0.1) is 0 Å². The van der Waals surface area contributed by atoms with E-state index in [9.17, 15) is 18.0 Å². The zero-order valence-electron chi connectivity index (χ0n) is 25.7. The highest BCUT2D eigenvalue weighted by Crippen LogP contribution is 2.33. The first-order valence-electron chi connectivity index (χ1n) is 14.4. The van der Waals surface area contributed by atoms with E-state index < -0.39 is 28.5 Å². The summed E-state index contributed by atoms with van der Waals surface area (Å²) in [5, 5.41) is 3.29. The summed E-state index contributed by atoms with van der Waals surface area (Å²) in [5.74, 6) is 0.201. The van der Waals surface area contributed by atoms with Gasteiger partial charge >= 0.3 is 0 Å². The number of amides is 2. The molecule has 0 aromatic heterocycles. The van der Waals surface area contributed by atoms with Gasteiger partial charge in [0.15, 0.2) is 11.5 Å². The minimum Gasteiger partial charge on any atom is -0.494 e. The van der Waals surface area contributed by atoms with Crippen molar-refractivity contribution in [2.24, 2.45) is 0 Å². The lowest BCUT2D eigenvalue weighted by atomic mass is 10.1. The fraction of sp³-hybridized carbons (Fsp3) is 0.375. The Morgan fingerprint density at radius 1 is 0.932 bits per heavy atom. The summed E-state index contributed by atoms with van der Waals surface area (Å²) in [5.41, 5.74) is 0.859. The Labute approximate surface area is 264 Å². The molecule has 10 nitrogen and oxygen atoms in total. The van der Waals surface area contributed by atoms with E-state index in [1.54, 1.807) is 55.5 Å². The van der Waals surface area contributed by atoms with Crippen LogP contribution in [-0.2, 0) is 26.2 Å². The molecule has 44 heavy (non-hydrogen) atoms. The number of nitrogens with one attached hydrogen (secondary N) is 1. The quantitative estimate of drug-likeness (QED) is 0.225. The number of hydrogen-bond donors (Lipinski definition) is 1. The number of anilines is 1. The average molecular weight is 646 g/mol. The molecule has 3 rings (SSSR count). The molecule has 0 saturated carbocycles. The maximum atomic E-state index is 14.2. The molecule has 0 aliphatic heterocycles. The number of sulfonamides is 1. The topological polar surface area (TPSA) is 114 Å². The summed E-state index contributed by atoms with van der Waals surface area (Å²) in [7, 11) is -1.47. The average Bonchev–Trinajstić information content (AvgIpc) is 3.03.